The van der Waals surface area contributed by atoms with Crippen LogP contribution in [0.25, 0.3) is 0 Å². The maximum atomic E-state index is 11.6. The lowest BCUT2D eigenvalue weighted by Gasteiger charge is -2.04. The molecular weight excluding hydrogens is 406 g/mol. The summed E-state index contributed by atoms with van der Waals surface area (Å²) in [6.45, 7) is 0. The first kappa shape index (κ1) is 22.1. The zero-order valence-electron chi connectivity index (χ0n) is 17.1. The molecule has 0 heterocycles. The molecule has 2 N–H and O–H groups in total. The zero-order valence-corrected chi connectivity index (χ0v) is 17.1. The van der Waals surface area contributed by atoms with Crippen molar-refractivity contribution in [1.82, 2.24) is 0 Å². The van der Waals surface area contributed by atoms with E-state index in [1.54, 1.807) is 72.8 Å². The number of ether oxygens (including phenoxy) is 1. The Balaban J connectivity index is 0.000000182. The molecule has 0 atom stereocenters. The molecule has 6 heteroatoms. The Labute approximate surface area is 185 Å². The van der Waals surface area contributed by atoms with Gasteiger partial charge in [0.1, 0.15) is 5.75 Å². The van der Waals surface area contributed by atoms with Gasteiger partial charge >= 0.3 is 11.9 Å². The molecule has 0 bridgehead atoms. The van der Waals surface area contributed by atoms with Crippen LogP contribution in [-0.4, -0.2) is 11.9 Å². The predicted molar refractivity (Wildman–Crippen MR) is 121 cm³/mol. The molecule has 0 radical (unpaired) electrons. The van der Waals surface area contributed by atoms with E-state index < -0.39 is 5.97 Å². The topological polar surface area (TPSA) is 87.9 Å². The molecule has 0 saturated heterocycles. The van der Waals surface area contributed by atoms with Gasteiger partial charge in [0.25, 0.3) is 0 Å². The van der Waals surface area contributed by atoms with E-state index in [9.17, 15) is 9.59 Å². The summed E-state index contributed by atoms with van der Waals surface area (Å²) in [5, 5.41) is 0. The highest BCUT2D eigenvalue weighted by atomic mass is 17.2. The Kier molecular flexibility index (Phi) is 7.99. The van der Waals surface area contributed by atoms with Gasteiger partial charge in [-0.2, -0.15) is 0 Å². The molecule has 0 aliphatic carbocycles. The standard InChI is InChI=1S/C13H11NO3.C13H10O2/c14-11-6-8-12(9-7-11)16-17-13(15)10-4-2-1-3-5-10;14-13(11-7-3-1-4-8-11)15-12-9-5-2-6-10-12/h1-9H,14H2;1-10H. The van der Waals surface area contributed by atoms with Gasteiger partial charge in [-0.05, 0) is 60.7 Å². The van der Waals surface area contributed by atoms with Gasteiger partial charge in [-0.1, -0.05) is 54.6 Å². The van der Waals surface area contributed by atoms with Crippen molar-refractivity contribution in [2.24, 2.45) is 0 Å². The number of nitrogens with two attached hydrogens (primary N) is 1. The number of carbonyl (C=O) groups is 2. The molecule has 0 fully saturated rings. The fourth-order valence-electron chi connectivity index (χ4n) is 2.46. The molecule has 0 amide bonds. The Morgan fingerprint density at radius 3 is 1.53 bits per heavy atom. The maximum Gasteiger partial charge on any atom is 0.386 e. The molecule has 0 saturated carbocycles. The number of benzene rings is 4. The fourth-order valence-corrected chi connectivity index (χ4v) is 2.46. The third kappa shape index (κ3) is 7.03. The number of hydrogen-bond acceptors (Lipinski definition) is 6. The first-order valence-electron chi connectivity index (χ1n) is 9.73. The number of nitrogen functional groups attached to an aromatic ring is 1. The van der Waals surface area contributed by atoms with Crippen LogP contribution in [-0.2, 0) is 4.89 Å². The molecule has 4 aromatic carbocycles. The van der Waals surface area contributed by atoms with E-state index in [2.05, 4.69) is 4.89 Å². The quantitative estimate of drug-likeness (QED) is 0.152. The third-order valence-corrected chi connectivity index (χ3v) is 4.07. The second kappa shape index (κ2) is 11.6. The Morgan fingerprint density at radius 1 is 0.531 bits per heavy atom. The Bertz CT molecular complexity index is 1120. The first-order chi connectivity index (χ1) is 15.6. The van der Waals surface area contributed by atoms with E-state index in [0.29, 0.717) is 28.3 Å². The van der Waals surface area contributed by atoms with Crippen LogP contribution in [0.3, 0.4) is 0 Å². The van der Waals surface area contributed by atoms with E-state index in [1.165, 1.54) is 0 Å². The lowest BCUT2D eigenvalue weighted by molar-refractivity contribution is -0.149. The summed E-state index contributed by atoms with van der Waals surface area (Å²) in [6, 6.07) is 33.1. The van der Waals surface area contributed by atoms with Crippen LogP contribution >= 0.6 is 0 Å². The van der Waals surface area contributed by atoms with Crippen molar-refractivity contribution in [1.29, 1.82) is 0 Å². The van der Waals surface area contributed by atoms with Crippen LogP contribution in [0.5, 0.6) is 11.5 Å². The van der Waals surface area contributed by atoms with E-state index in [4.69, 9.17) is 15.4 Å². The zero-order chi connectivity index (χ0) is 22.6. The normalized spacial score (nSPS) is 9.62. The number of esters is 1. The molecular formula is C26H21NO5. The average Bonchev–Trinajstić information content (AvgIpc) is 2.85. The van der Waals surface area contributed by atoms with Crippen LogP contribution in [0.2, 0.25) is 0 Å². The minimum Gasteiger partial charge on any atom is -0.423 e. The molecule has 0 unspecified atom stereocenters. The number of carbonyl (C=O) groups excluding carboxylic acids is 2. The summed E-state index contributed by atoms with van der Waals surface area (Å²) >= 11 is 0. The van der Waals surface area contributed by atoms with Crippen molar-refractivity contribution in [2.45, 2.75) is 0 Å². The monoisotopic (exact) mass is 427 g/mol. The second-order valence-electron chi connectivity index (χ2n) is 6.46. The molecule has 4 aromatic rings. The smallest absolute Gasteiger partial charge is 0.386 e. The molecule has 0 spiro atoms. The van der Waals surface area contributed by atoms with Crippen molar-refractivity contribution in [3.05, 3.63) is 126 Å². The summed E-state index contributed by atoms with van der Waals surface area (Å²) in [4.78, 5) is 32.7. The highest BCUT2D eigenvalue weighted by Crippen LogP contribution is 2.14. The van der Waals surface area contributed by atoms with Crippen LogP contribution in [0.4, 0.5) is 5.69 Å². The van der Waals surface area contributed by atoms with Crippen molar-refractivity contribution in [3.8, 4) is 11.5 Å². The third-order valence-electron chi connectivity index (χ3n) is 4.07. The summed E-state index contributed by atoms with van der Waals surface area (Å²) < 4.78 is 5.16. The SMILES string of the molecule is Nc1ccc(OOC(=O)c2ccccc2)cc1.O=C(Oc1ccccc1)c1ccccc1. The minimum atomic E-state index is -0.539. The molecule has 160 valence electrons. The van der Waals surface area contributed by atoms with E-state index in [0.717, 1.165) is 0 Å². The number of anilines is 1. The van der Waals surface area contributed by atoms with Crippen LogP contribution in [0, 0.1) is 0 Å². The summed E-state index contributed by atoms with van der Waals surface area (Å²) in [5.74, 6) is 0.110. The van der Waals surface area contributed by atoms with E-state index >= 15 is 0 Å². The van der Waals surface area contributed by atoms with Crippen molar-refractivity contribution in [3.63, 3.8) is 0 Å². The van der Waals surface area contributed by atoms with Gasteiger partial charge in [0.15, 0.2) is 5.75 Å². The molecule has 6 nitrogen and oxygen atoms in total. The van der Waals surface area contributed by atoms with E-state index in [1.807, 2.05) is 42.5 Å². The Morgan fingerprint density at radius 2 is 1.00 bits per heavy atom. The molecule has 32 heavy (non-hydrogen) atoms. The van der Waals surface area contributed by atoms with Gasteiger partial charge in [0.2, 0.25) is 0 Å². The van der Waals surface area contributed by atoms with Gasteiger partial charge in [0, 0.05) is 5.69 Å². The van der Waals surface area contributed by atoms with Crippen molar-refractivity contribution in [2.75, 3.05) is 5.73 Å². The van der Waals surface area contributed by atoms with Gasteiger partial charge in [0.05, 0.1) is 11.1 Å². The lowest BCUT2D eigenvalue weighted by atomic mass is 10.2. The van der Waals surface area contributed by atoms with Crippen LogP contribution < -0.4 is 15.4 Å². The summed E-state index contributed by atoms with van der Waals surface area (Å²) in [5.41, 5.74) is 7.12. The number of rotatable bonds is 5. The van der Waals surface area contributed by atoms with E-state index in [-0.39, 0.29) is 5.97 Å². The largest absolute Gasteiger partial charge is 0.423 e. The van der Waals surface area contributed by atoms with Crippen LogP contribution in [0.15, 0.2) is 115 Å². The van der Waals surface area contributed by atoms with Gasteiger partial charge < -0.3 is 10.5 Å². The summed E-state index contributed by atoms with van der Waals surface area (Å²) in [7, 11) is 0. The minimum absolute atomic E-state index is 0.332. The first-order valence-corrected chi connectivity index (χ1v) is 9.73. The van der Waals surface area contributed by atoms with Gasteiger partial charge in [-0.15, -0.1) is 0 Å². The predicted octanol–water partition coefficient (Wildman–Crippen LogP) is 5.33. The number of para-hydroxylation sites is 1. The fraction of sp³-hybridized carbons (Fsp3) is 0. The lowest BCUT2D eigenvalue weighted by Crippen LogP contribution is -2.08. The highest BCUT2D eigenvalue weighted by molar-refractivity contribution is 5.91. The molecule has 4 rings (SSSR count). The molecule has 0 aromatic heterocycles. The second-order valence-corrected chi connectivity index (χ2v) is 6.46. The molecule has 0 aliphatic heterocycles. The number of hydrogen-bond donors (Lipinski definition) is 1. The van der Waals surface area contributed by atoms with Crippen molar-refractivity contribution >= 4 is 17.6 Å². The van der Waals surface area contributed by atoms with Gasteiger partial charge in [-0.3, -0.25) is 4.89 Å². The molecule has 0 aliphatic rings. The summed E-state index contributed by atoms with van der Waals surface area (Å²) in [6.07, 6.45) is 0. The average molecular weight is 427 g/mol. The highest BCUT2D eigenvalue weighted by Gasteiger charge is 2.08. The van der Waals surface area contributed by atoms with Crippen molar-refractivity contribution < 1.29 is 24.1 Å². The maximum absolute atomic E-state index is 11.6. The van der Waals surface area contributed by atoms with Crippen LogP contribution in [0.1, 0.15) is 20.7 Å². The Hall–Kier alpha value is -4.58. The van der Waals surface area contributed by atoms with Gasteiger partial charge in [-0.25, -0.2) is 14.5 Å².